The second-order valence-electron chi connectivity index (χ2n) is 3.34. The number of nitrogen functional groups attached to an aromatic ring is 1. The Bertz CT molecular complexity index is 451. The molecule has 2 heterocycles. The lowest BCUT2D eigenvalue weighted by Gasteiger charge is -2.07. The van der Waals surface area contributed by atoms with Gasteiger partial charge in [0.2, 0.25) is 0 Å². The Hall–Kier alpha value is -1.55. The number of thiophene rings is 1. The fourth-order valence-corrected chi connectivity index (χ4v) is 2.06. The van der Waals surface area contributed by atoms with Gasteiger partial charge < -0.3 is 11.1 Å². The van der Waals surface area contributed by atoms with E-state index < -0.39 is 0 Å². The third kappa shape index (κ3) is 2.27. The number of anilines is 2. The summed E-state index contributed by atoms with van der Waals surface area (Å²) >= 11 is 1.67. The van der Waals surface area contributed by atoms with Gasteiger partial charge in [-0.3, -0.25) is 4.98 Å². The molecule has 0 amide bonds. The lowest BCUT2D eigenvalue weighted by molar-refractivity contribution is 1.16. The summed E-state index contributed by atoms with van der Waals surface area (Å²) in [5.41, 5.74) is 8.91. The van der Waals surface area contributed by atoms with Crippen LogP contribution in [0.15, 0.2) is 29.9 Å². The van der Waals surface area contributed by atoms with Gasteiger partial charge in [-0.15, -0.1) is 11.3 Å². The van der Waals surface area contributed by atoms with Crippen LogP contribution in [0.5, 0.6) is 0 Å². The number of hydrogen-bond donors (Lipinski definition) is 2. The second-order valence-corrected chi connectivity index (χ2v) is 4.34. The number of aromatic nitrogens is 1. The van der Waals surface area contributed by atoms with E-state index in [4.69, 9.17) is 5.73 Å². The molecule has 0 aromatic carbocycles. The lowest BCUT2D eigenvalue weighted by Crippen LogP contribution is -2.01. The van der Waals surface area contributed by atoms with E-state index in [2.05, 4.69) is 17.2 Å². The summed E-state index contributed by atoms with van der Waals surface area (Å²) < 4.78 is 0. The van der Waals surface area contributed by atoms with Gasteiger partial charge in [0.25, 0.3) is 0 Å². The van der Waals surface area contributed by atoms with Crippen LogP contribution in [0.2, 0.25) is 0 Å². The van der Waals surface area contributed by atoms with Gasteiger partial charge in [0, 0.05) is 16.8 Å². The highest BCUT2D eigenvalue weighted by atomic mass is 32.1. The monoisotopic (exact) mass is 219 g/mol. The summed E-state index contributed by atoms with van der Waals surface area (Å²) in [4.78, 5) is 5.24. The molecular formula is C11H13N3S. The number of nitrogens with two attached hydrogens (primary N) is 1. The van der Waals surface area contributed by atoms with Gasteiger partial charge in [0.15, 0.2) is 0 Å². The van der Waals surface area contributed by atoms with Crippen LogP contribution in [-0.2, 0) is 6.54 Å². The molecule has 0 fully saturated rings. The SMILES string of the molecule is Cc1ccncc1NCc1sccc1N. The van der Waals surface area contributed by atoms with Gasteiger partial charge in [0.05, 0.1) is 18.4 Å². The summed E-state index contributed by atoms with van der Waals surface area (Å²) in [6.07, 6.45) is 3.62. The first-order chi connectivity index (χ1) is 7.27. The zero-order valence-electron chi connectivity index (χ0n) is 8.53. The molecule has 15 heavy (non-hydrogen) atoms. The summed E-state index contributed by atoms with van der Waals surface area (Å²) in [7, 11) is 0. The topological polar surface area (TPSA) is 50.9 Å². The molecule has 3 nitrogen and oxygen atoms in total. The van der Waals surface area contributed by atoms with Crippen molar-refractivity contribution in [2.45, 2.75) is 13.5 Å². The molecule has 0 spiro atoms. The van der Waals surface area contributed by atoms with Crippen LogP contribution in [0, 0.1) is 6.92 Å². The van der Waals surface area contributed by atoms with Crippen LogP contribution >= 0.6 is 11.3 Å². The minimum Gasteiger partial charge on any atom is -0.398 e. The number of hydrogen-bond acceptors (Lipinski definition) is 4. The van der Waals surface area contributed by atoms with Gasteiger partial charge in [0.1, 0.15) is 0 Å². The van der Waals surface area contributed by atoms with Crippen molar-refractivity contribution in [3.8, 4) is 0 Å². The van der Waals surface area contributed by atoms with E-state index in [0.29, 0.717) is 0 Å². The van der Waals surface area contributed by atoms with Crippen molar-refractivity contribution >= 4 is 22.7 Å². The summed E-state index contributed by atoms with van der Waals surface area (Å²) in [5.74, 6) is 0. The molecule has 0 saturated heterocycles. The van der Waals surface area contributed by atoms with Crippen LogP contribution in [-0.4, -0.2) is 4.98 Å². The van der Waals surface area contributed by atoms with Gasteiger partial charge in [-0.25, -0.2) is 0 Å². The van der Waals surface area contributed by atoms with Crippen LogP contribution in [0.4, 0.5) is 11.4 Å². The molecule has 0 saturated carbocycles. The predicted octanol–water partition coefficient (Wildman–Crippen LogP) is 2.65. The van der Waals surface area contributed by atoms with Crippen molar-refractivity contribution in [1.29, 1.82) is 0 Å². The molecule has 0 unspecified atom stereocenters. The third-order valence-corrected chi connectivity index (χ3v) is 3.20. The van der Waals surface area contributed by atoms with Crippen LogP contribution in [0.25, 0.3) is 0 Å². The Kier molecular flexibility index (Phi) is 2.87. The molecule has 2 rings (SSSR count). The van der Waals surface area contributed by atoms with E-state index in [0.717, 1.165) is 17.9 Å². The smallest absolute Gasteiger partial charge is 0.0559 e. The number of nitrogens with zero attached hydrogens (tertiary/aromatic N) is 1. The largest absolute Gasteiger partial charge is 0.398 e. The molecule has 0 radical (unpaired) electrons. The molecule has 2 aromatic heterocycles. The molecule has 0 aliphatic carbocycles. The van der Waals surface area contributed by atoms with E-state index >= 15 is 0 Å². The second kappa shape index (κ2) is 4.31. The Morgan fingerprint density at radius 1 is 1.47 bits per heavy atom. The van der Waals surface area contributed by atoms with Crippen molar-refractivity contribution < 1.29 is 0 Å². The van der Waals surface area contributed by atoms with E-state index in [1.165, 1.54) is 10.4 Å². The van der Waals surface area contributed by atoms with E-state index in [1.807, 2.05) is 23.7 Å². The molecule has 2 aromatic rings. The van der Waals surface area contributed by atoms with Gasteiger partial charge >= 0.3 is 0 Å². The molecule has 0 aliphatic rings. The molecule has 78 valence electrons. The van der Waals surface area contributed by atoms with Crippen molar-refractivity contribution in [2.24, 2.45) is 0 Å². The van der Waals surface area contributed by atoms with Crippen LogP contribution in [0.1, 0.15) is 10.4 Å². The maximum absolute atomic E-state index is 5.80. The zero-order valence-corrected chi connectivity index (χ0v) is 9.34. The fraction of sp³-hybridized carbons (Fsp3) is 0.182. The van der Waals surface area contributed by atoms with E-state index in [1.54, 1.807) is 17.5 Å². The minimum atomic E-state index is 0.760. The molecule has 0 aliphatic heterocycles. The molecule has 0 atom stereocenters. The van der Waals surface area contributed by atoms with E-state index in [9.17, 15) is 0 Å². The summed E-state index contributed by atoms with van der Waals surface area (Å²) in [6, 6.07) is 3.91. The summed E-state index contributed by atoms with van der Waals surface area (Å²) in [5, 5.41) is 5.33. The highest BCUT2D eigenvalue weighted by Crippen LogP contribution is 2.21. The van der Waals surface area contributed by atoms with Gasteiger partial charge in [-0.1, -0.05) is 0 Å². The average molecular weight is 219 g/mol. The molecule has 0 bridgehead atoms. The molecule has 3 N–H and O–H groups in total. The first-order valence-corrected chi connectivity index (χ1v) is 5.61. The van der Waals surface area contributed by atoms with Gasteiger partial charge in [-0.2, -0.15) is 0 Å². The normalized spacial score (nSPS) is 10.2. The van der Waals surface area contributed by atoms with Gasteiger partial charge in [-0.05, 0) is 30.0 Å². The van der Waals surface area contributed by atoms with Crippen molar-refractivity contribution in [3.63, 3.8) is 0 Å². The third-order valence-electron chi connectivity index (χ3n) is 2.26. The van der Waals surface area contributed by atoms with Crippen molar-refractivity contribution in [1.82, 2.24) is 4.98 Å². The quantitative estimate of drug-likeness (QED) is 0.834. The van der Waals surface area contributed by atoms with Crippen molar-refractivity contribution in [3.05, 3.63) is 40.3 Å². The number of nitrogens with one attached hydrogen (secondary N) is 1. The molecule has 4 heteroatoms. The Labute approximate surface area is 93.0 Å². The number of aryl methyl sites for hydroxylation is 1. The number of rotatable bonds is 3. The first kappa shape index (κ1) is 9.98. The average Bonchev–Trinajstić information content (AvgIpc) is 2.63. The van der Waals surface area contributed by atoms with Crippen molar-refractivity contribution in [2.75, 3.05) is 11.1 Å². The standard InChI is InChI=1S/C11H13N3S/c1-8-2-4-13-6-10(8)14-7-11-9(12)3-5-15-11/h2-6,14H,7,12H2,1H3. The summed E-state index contributed by atoms with van der Waals surface area (Å²) in [6.45, 7) is 2.82. The van der Waals surface area contributed by atoms with Crippen LogP contribution < -0.4 is 11.1 Å². The Morgan fingerprint density at radius 3 is 3.00 bits per heavy atom. The fourth-order valence-electron chi connectivity index (χ4n) is 1.32. The maximum Gasteiger partial charge on any atom is 0.0559 e. The lowest BCUT2D eigenvalue weighted by atomic mass is 10.2. The predicted molar refractivity (Wildman–Crippen MR) is 65.0 cm³/mol. The minimum absolute atomic E-state index is 0.760. The van der Waals surface area contributed by atoms with Crippen LogP contribution in [0.3, 0.4) is 0 Å². The van der Waals surface area contributed by atoms with E-state index in [-0.39, 0.29) is 0 Å². The highest BCUT2D eigenvalue weighted by molar-refractivity contribution is 7.10. The zero-order chi connectivity index (χ0) is 10.7. The Morgan fingerprint density at radius 2 is 2.33 bits per heavy atom. The first-order valence-electron chi connectivity index (χ1n) is 4.73. The molecular weight excluding hydrogens is 206 g/mol. The highest BCUT2D eigenvalue weighted by Gasteiger charge is 2.01. The maximum atomic E-state index is 5.80. The Balaban J connectivity index is 2.06. The number of pyridine rings is 1.